The van der Waals surface area contributed by atoms with E-state index in [2.05, 4.69) is 27.5 Å². The summed E-state index contributed by atoms with van der Waals surface area (Å²) >= 11 is 5.10. The van der Waals surface area contributed by atoms with Crippen LogP contribution in [0.2, 0.25) is 0 Å². The average molecular weight is 319 g/mol. The molecule has 2 atom stereocenters. The van der Waals surface area contributed by atoms with Crippen LogP contribution >= 0.6 is 27.7 Å². The zero-order chi connectivity index (χ0) is 12.4. The third-order valence-electron chi connectivity index (χ3n) is 3.17. The maximum Gasteiger partial charge on any atom is 0.139 e. The molecule has 17 heavy (non-hydrogen) atoms. The summed E-state index contributed by atoms with van der Waals surface area (Å²) in [5.41, 5.74) is 7.10. The highest BCUT2D eigenvalue weighted by Gasteiger charge is 2.24. The molecule has 1 aliphatic carbocycles. The number of rotatable bonds is 3. The molecule has 0 aliphatic heterocycles. The zero-order valence-corrected chi connectivity index (χ0v) is 12.1. The molecule has 0 amide bonds. The first-order valence-corrected chi connectivity index (χ1v) is 7.72. The first-order valence-electron chi connectivity index (χ1n) is 5.64. The Morgan fingerprint density at radius 2 is 2.24 bits per heavy atom. The van der Waals surface area contributed by atoms with E-state index in [1.165, 1.54) is 12.5 Å². The molecular weight excluding hydrogens is 303 g/mol. The van der Waals surface area contributed by atoms with Crippen molar-refractivity contribution in [3.63, 3.8) is 0 Å². The van der Waals surface area contributed by atoms with Gasteiger partial charge in [0, 0.05) is 17.4 Å². The Balaban J connectivity index is 2.06. The molecule has 1 aromatic carbocycles. The lowest BCUT2D eigenvalue weighted by molar-refractivity contribution is 0.621. The summed E-state index contributed by atoms with van der Waals surface area (Å²) in [7, 11) is 0. The molecule has 0 spiro atoms. The number of nitrogens with two attached hydrogens (primary N) is 1. The summed E-state index contributed by atoms with van der Waals surface area (Å²) in [5, 5.41) is 4.14. The third kappa shape index (κ3) is 3.07. The molecule has 2 nitrogen and oxygen atoms in total. The van der Waals surface area contributed by atoms with Crippen LogP contribution in [-0.4, -0.2) is 17.5 Å². The van der Waals surface area contributed by atoms with E-state index in [-0.39, 0.29) is 5.82 Å². The van der Waals surface area contributed by atoms with Gasteiger partial charge in [-0.25, -0.2) is 4.39 Å². The topological polar surface area (TPSA) is 38.0 Å². The number of hydrogen-bond acceptors (Lipinski definition) is 3. The molecule has 3 N–H and O–H groups in total. The quantitative estimate of drug-likeness (QED) is 0.831. The Kier molecular flexibility index (Phi) is 4.20. The highest BCUT2D eigenvalue weighted by atomic mass is 79.9. The highest BCUT2D eigenvalue weighted by Crippen LogP contribution is 2.33. The number of nitrogens with one attached hydrogen (secondary N) is 1. The molecular formula is C12H16BrFN2S. The van der Waals surface area contributed by atoms with E-state index in [1.54, 1.807) is 6.07 Å². The molecule has 1 fully saturated rings. The summed E-state index contributed by atoms with van der Waals surface area (Å²) in [6, 6.07) is 3.52. The monoisotopic (exact) mass is 318 g/mol. The van der Waals surface area contributed by atoms with Crippen molar-refractivity contribution in [3.05, 3.63) is 22.4 Å². The number of halogens is 2. The van der Waals surface area contributed by atoms with E-state index >= 15 is 0 Å². The van der Waals surface area contributed by atoms with Gasteiger partial charge in [-0.1, -0.05) is 0 Å². The van der Waals surface area contributed by atoms with Crippen molar-refractivity contribution in [3.8, 4) is 0 Å². The second kappa shape index (κ2) is 5.48. The van der Waals surface area contributed by atoms with E-state index in [0.717, 1.165) is 23.8 Å². The molecule has 94 valence electrons. The van der Waals surface area contributed by atoms with Gasteiger partial charge >= 0.3 is 0 Å². The number of thioether (sulfide) groups is 1. The molecule has 1 aliphatic rings. The van der Waals surface area contributed by atoms with Crippen LogP contribution < -0.4 is 11.1 Å². The van der Waals surface area contributed by atoms with Crippen LogP contribution in [0.3, 0.4) is 0 Å². The molecule has 0 saturated heterocycles. The van der Waals surface area contributed by atoms with Crippen molar-refractivity contribution >= 4 is 39.1 Å². The van der Waals surface area contributed by atoms with Crippen LogP contribution in [0.15, 0.2) is 16.6 Å². The van der Waals surface area contributed by atoms with Crippen molar-refractivity contribution < 1.29 is 4.39 Å². The zero-order valence-electron chi connectivity index (χ0n) is 9.67. The Morgan fingerprint density at radius 1 is 1.47 bits per heavy atom. The minimum Gasteiger partial charge on any atom is -0.397 e. The first kappa shape index (κ1) is 13.0. The van der Waals surface area contributed by atoms with Crippen LogP contribution in [0.1, 0.15) is 19.3 Å². The summed E-state index contributed by atoms with van der Waals surface area (Å²) < 4.78 is 13.7. The van der Waals surface area contributed by atoms with Gasteiger partial charge in [-0.05, 0) is 47.5 Å². The van der Waals surface area contributed by atoms with Gasteiger partial charge in [0.25, 0.3) is 0 Å². The van der Waals surface area contributed by atoms with Gasteiger partial charge in [-0.15, -0.1) is 0 Å². The molecule has 2 unspecified atom stereocenters. The summed E-state index contributed by atoms with van der Waals surface area (Å²) in [4.78, 5) is 0. The number of benzene rings is 1. The predicted molar refractivity (Wildman–Crippen MR) is 77.1 cm³/mol. The Bertz CT molecular complexity index is 414. The highest BCUT2D eigenvalue weighted by molar-refractivity contribution is 9.10. The molecule has 0 aromatic heterocycles. The van der Waals surface area contributed by atoms with Crippen LogP contribution in [0.5, 0.6) is 0 Å². The van der Waals surface area contributed by atoms with Crippen LogP contribution in [0.4, 0.5) is 15.8 Å². The number of hydrogen-bond donors (Lipinski definition) is 2. The van der Waals surface area contributed by atoms with E-state index < -0.39 is 0 Å². The van der Waals surface area contributed by atoms with E-state index in [0.29, 0.717) is 16.2 Å². The number of anilines is 2. The first-order chi connectivity index (χ1) is 8.10. The summed E-state index contributed by atoms with van der Waals surface area (Å²) in [5.74, 6) is -0.318. The Hall–Kier alpha value is -0.420. The van der Waals surface area contributed by atoms with Gasteiger partial charge in [-0.3, -0.25) is 0 Å². The normalized spacial score (nSPS) is 23.9. The third-order valence-corrected chi connectivity index (χ3v) is 4.87. The van der Waals surface area contributed by atoms with Crippen molar-refractivity contribution in [1.82, 2.24) is 0 Å². The standard InChI is InChI=1S/C12H16BrFN2S/c1-17-8-3-2-7(4-8)16-12-5-9(13)10(14)6-11(12)15/h5-8,16H,2-4,15H2,1H3. The van der Waals surface area contributed by atoms with Crippen molar-refractivity contribution in [2.75, 3.05) is 17.3 Å². The smallest absolute Gasteiger partial charge is 0.139 e. The lowest BCUT2D eigenvalue weighted by Crippen LogP contribution is -2.17. The second-order valence-corrected chi connectivity index (χ2v) is 6.36. The average Bonchev–Trinajstić information content (AvgIpc) is 2.73. The lowest BCUT2D eigenvalue weighted by atomic mass is 10.2. The van der Waals surface area contributed by atoms with Crippen LogP contribution in [0.25, 0.3) is 0 Å². The van der Waals surface area contributed by atoms with E-state index in [9.17, 15) is 4.39 Å². The molecule has 0 bridgehead atoms. The maximum atomic E-state index is 13.2. The molecule has 1 aromatic rings. The van der Waals surface area contributed by atoms with Gasteiger partial charge in [0.05, 0.1) is 15.8 Å². The summed E-state index contributed by atoms with van der Waals surface area (Å²) in [6.07, 6.45) is 5.69. The van der Waals surface area contributed by atoms with Crippen LogP contribution in [-0.2, 0) is 0 Å². The molecule has 5 heteroatoms. The number of nitrogen functional groups attached to an aromatic ring is 1. The fourth-order valence-corrected chi connectivity index (χ4v) is 3.33. The molecule has 1 saturated carbocycles. The van der Waals surface area contributed by atoms with Gasteiger partial charge in [0.1, 0.15) is 5.82 Å². The van der Waals surface area contributed by atoms with Crippen LogP contribution in [0, 0.1) is 5.82 Å². The van der Waals surface area contributed by atoms with E-state index in [1.807, 2.05) is 11.8 Å². The van der Waals surface area contributed by atoms with Gasteiger partial charge < -0.3 is 11.1 Å². The van der Waals surface area contributed by atoms with E-state index in [4.69, 9.17) is 5.73 Å². The predicted octanol–water partition coefficient (Wildman–Crippen LogP) is 3.87. The molecule has 0 radical (unpaired) electrons. The van der Waals surface area contributed by atoms with Gasteiger partial charge in [0.2, 0.25) is 0 Å². The van der Waals surface area contributed by atoms with Gasteiger partial charge in [-0.2, -0.15) is 11.8 Å². The van der Waals surface area contributed by atoms with Gasteiger partial charge in [0.15, 0.2) is 0 Å². The van der Waals surface area contributed by atoms with Crippen molar-refractivity contribution in [2.45, 2.75) is 30.6 Å². The SMILES string of the molecule is CSC1CCC(Nc2cc(Br)c(F)cc2N)C1. The fourth-order valence-electron chi connectivity index (χ4n) is 2.19. The summed E-state index contributed by atoms with van der Waals surface area (Å²) in [6.45, 7) is 0. The fraction of sp³-hybridized carbons (Fsp3) is 0.500. The lowest BCUT2D eigenvalue weighted by Gasteiger charge is -2.16. The molecule has 2 rings (SSSR count). The Morgan fingerprint density at radius 3 is 2.88 bits per heavy atom. The van der Waals surface area contributed by atoms with Crippen molar-refractivity contribution in [2.24, 2.45) is 0 Å². The minimum atomic E-state index is -0.318. The largest absolute Gasteiger partial charge is 0.397 e. The Labute approximate surface area is 114 Å². The van der Waals surface area contributed by atoms with Crippen molar-refractivity contribution in [1.29, 1.82) is 0 Å². The maximum absolute atomic E-state index is 13.2. The molecule has 0 heterocycles. The second-order valence-electron chi connectivity index (χ2n) is 4.37. The minimum absolute atomic E-state index is 0.318.